The van der Waals surface area contributed by atoms with Gasteiger partial charge >= 0.3 is 0 Å². The van der Waals surface area contributed by atoms with Gasteiger partial charge in [0.05, 0.1) is 0 Å². The SMILES string of the molecule is CN(C)Cc1ccccc1Cc1ccc([125I])cc1N. The van der Waals surface area contributed by atoms with Crippen LogP contribution >= 0.6 is 22.6 Å². The van der Waals surface area contributed by atoms with Crippen LogP contribution in [0.25, 0.3) is 0 Å². The summed E-state index contributed by atoms with van der Waals surface area (Å²) in [7, 11) is 4.19. The third kappa shape index (κ3) is 3.94. The van der Waals surface area contributed by atoms with E-state index in [9.17, 15) is 0 Å². The third-order valence-corrected chi connectivity index (χ3v) is 3.76. The minimum Gasteiger partial charge on any atom is -0.398 e. The van der Waals surface area contributed by atoms with Crippen LogP contribution in [0.2, 0.25) is 0 Å². The molecule has 2 aromatic carbocycles. The fourth-order valence-corrected chi connectivity index (χ4v) is 2.67. The monoisotopic (exact) mass is 364 g/mol. The molecule has 2 nitrogen and oxygen atoms in total. The van der Waals surface area contributed by atoms with Gasteiger partial charge in [0.2, 0.25) is 0 Å². The van der Waals surface area contributed by atoms with Crippen LogP contribution in [-0.4, -0.2) is 19.0 Å². The van der Waals surface area contributed by atoms with Crippen LogP contribution in [-0.2, 0) is 13.0 Å². The van der Waals surface area contributed by atoms with Gasteiger partial charge in [-0.05, 0) is 71.9 Å². The molecule has 0 radical (unpaired) electrons. The summed E-state index contributed by atoms with van der Waals surface area (Å²) < 4.78 is 1.18. The quantitative estimate of drug-likeness (QED) is 0.665. The van der Waals surface area contributed by atoms with Gasteiger partial charge in [-0.3, -0.25) is 0 Å². The van der Waals surface area contributed by atoms with Crippen molar-refractivity contribution in [3.05, 3.63) is 62.7 Å². The molecular weight excluding hydrogens is 345 g/mol. The smallest absolute Gasteiger partial charge is 0.0360 e. The minimum absolute atomic E-state index is 0.881. The van der Waals surface area contributed by atoms with Gasteiger partial charge in [-0.25, -0.2) is 0 Å². The summed E-state index contributed by atoms with van der Waals surface area (Å²) >= 11 is 2.29. The van der Waals surface area contributed by atoms with E-state index in [1.165, 1.54) is 20.3 Å². The van der Waals surface area contributed by atoms with Crippen molar-refractivity contribution in [1.29, 1.82) is 0 Å². The van der Waals surface area contributed by atoms with Crippen molar-refractivity contribution >= 4 is 28.3 Å². The fourth-order valence-electron chi connectivity index (χ4n) is 2.16. The van der Waals surface area contributed by atoms with Crippen LogP contribution in [0.1, 0.15) is 16.7 Å². The number of rotatable bonds is 4. The molecule has 0 unspecified atom stereocenters. The number of benzene rings is 2. The Bertz CT molecular complexity index is 564. The average molecular weight is 364 g/mol. The van der Waals surface area contributed by atoms with E-state index in [1.807, 2.05) is 6.07 Å². The van der Waals surface area contributed by atoms with Crippen LogP contribution in [0.5, 0.6) is 0 Å². The Morgan fingerprint density at radius 1 is 1.00 bits per heavy atom. The molecule has 0 heterocycles. The predicted molar refractivity (Wildman–Crippen MR) is 90.2 cm³/mol. The maximum Gasteiger partial charge on any atom is 0.0360 e. The number of halogens is 1. The molecular formula is C16H19IN2. The summed E-state index contributed by atoms with van der Waals surface area (Å²) in [6.07, 6.45) is 0.896. The van der Waals surface area contributed by atoms with E-state index < -0.39 is 0 Å². The van der Waals surface area contributed by atoms with Gasteiger partial charge in [-0.2, -0.15) is 0 Å². The van der Waals surface area contributed by atoms with Crippen molar-refractivity contribution in [3.8, 4) is 0 Å². The first-order valence-electron chi connectivity index (χ1n) is 6.31. The highest BCUT2D eigenvalue weighted by molar-refractivity contribution is 14.1. The van der Waals surface area contributed by atoms with E-state index >= 15 is 0 Å². The maximum absolute atomic E-state index is 6.11. The van der Waals surface area contributed by atoms with Crippen LogP contribution in [0.15, 0.2) is 42.5 Å². The Morgan fingerprint density at radius 2 is 1.68 bits per heavy atom. The lowest BCUT2D eigenvalue weighted by Gasteiger charge is -2.15. The molecule has 0 atom stereocenters. The molecule has 2 aromatic rings. The Balaban J connectivity index is 2.27. The molecule has 0 spiro atoms. The van der Waals surface area contributed by atoms with Crippen LogP contribution in [0.4, 0.5) is 5.69 Å². The lowest BCUT2D eigenvalue weighted by Crippen LogP contribution is -2.12. The van der Waals surface area contributed by atoms with E-state index in [0.29, 0.717) is 0 Å². The zero-order valence-corrected chi connectivity index (χ0v) is 13.5. The number of nitrogen functional groups attached to an aromatic ring is 1. The highest BCUT2D eigenvalue weighted by Crippen LogP contribution is 2.21. The first-order valence-corrected chi connectivity index (χ1v) is 7.39. The Kier molecular flexibility index (Phi) is 4.82. The van der Waals surface area contributed by atoms with Gasteiger partial charge in [-0.15, -0.1) is 0 Å². The summed E-state index contributed by atoms with van der Waals surface area (Å²) in [6, 6.07) is 14.8. The third-order valence-electron chi connectivity index (χ3n) is 3.09. The highest BCUT2D eigenvalue weighted by Gasteiger charge is 2.06. The predicted octanol–water partition coefficient (Wildman–Crippen LogP) is 3.53. The van der Waals surface area contributed by atoms with Gasteiger partial charge < -0.3 is 10.6 Å². The summed E-state index contributed by atoms with van der Waals surface area (Å²) in [5, 5.41) is 0. The molecule has 0 fully saturated rings. The molecule has 0 amide bonds. The molecule has 0 bridgehead atoms. The van der Waals surface area contributed by atoms with Crippen LogP contribution in [0, 0.1) is 3.57 Å². The van der Waals surface area contributed by atoms with Crippen molar-refractivity contribution in [3.63, 3.8) is 0 Å². The summed E-state index contributed by atoms with van der Waals surface area (Å²) in [5.41, 5.74) is 10.9. The van der Waals surface area contributed by atoms with E-state index in [1.54, 1.807) is 0 Å². The van der Waals surface area contributed by atoms with Crippen molar-refractivity contribution < 1.29 is 0 Å². The standard InChI is InChI=1S/C16H19IN2/c1-19(2)11-14-6-4-3-5-12(14)9-13-7-8-15(17)10-16(13)18/h3-8,10H,9,11,18H2,1-2H3/i17-2. The second-order valence-corrected chi connectivity index (χ2v) is 6.27. The molecule has 2 N–H and O–H groups in total. The highest BCUT2D eigenvalue weighted by atomic mass is 125. The maximum atomic E-state index is 6.11. The van der Waals surface area contributed by atoms with Gasteiger partial charge in [0, 0.05) is 15.8 Å². The molecule has 100 valence electrons. The zero-order chi connectivity index (χ0) is 13.8. The number of nitrogens with zero attached hydrogens (tertiary/aromatic N) is 1. The Morgan fingerprint density at radius 3 is 2.32 bits per heavy atom. The van der Waals surface area contributed by atoms with Crippen LogP contribution in [0.3, 0.4) is 0 Å². The first kappa shape index (κ1) is 14.3. The molecule has 0 aliphatic carbocycles. The lowest BCUT2D eigenvalue weighted by molar-refractivity contribution is 0.401. The minimum atomic E-state index is 0.881. The number of hydrogen-bond donors (Lipinski definition) is 1. The van der Waals surface area contributed by atoms with Crippen molar-refractivity contribution in [2.24, 2.45) is 0 Å². The average Bonchev–Trinajstić information content (AvgIpc) is 2.34. The number of anilines is 1. The molecule has 3 heteroatoms. The van der Waals surface area contributed by atoms with E-state index in [-0.39, 0.29) is 0 Å². The zero-order valence-electron chi connectivity index (χ0n) is 11.4. The molecule has 0 aliphatic heterocycles. The van der Waals surface area contributed by atoms with Crippen molar-refractivity contribution in [1.82, 2.24) is 4.90 Å². The fraction of sp³-hybridized carbons (Fsp3) is 0.250. The van der Waals surface area contributed by atoms with Gasteiger partial charge in [-0.1, -0.05) is 30.3 Å². The van der Waals surface area contributed by atoms with Crippen LogP contribution < -0.4 is 5.73 Å². The molecule has 0 aromatic heterocycles. The second-order valence-electron chi connectivity index (χ2n) is 5.03. The van der Waals surface area contributed by atoms with Crippen molar-refractivity contribution in [2.75, 3.05) is 19.8 Å². The van der Waals surface area contributed by atoms with Crippen molar-refractivity contribution in [2.45, 2.75) is 13.0 Å². The number of hydrogen-bond acceptors (Lipinski definition) is 2. The Labute approximate surface area is 128 Å². The summed E-state index contributed by atoms with van der Waals surface area (Å²) in [6.45, 7) is 0.959. The molecule has 0 aliphatic rings. The second kappa shape index (κ2) is 6.39. The first-order chi connectivity index (χ1) is 9.06. The van der Waals surface area contributed by atoms with Gasteiger partial charge in [0.1, 0.15) is 0 Å². The molecule has 0 saturated carbocycles. The van der Waals surface area contributed by atoms with Gasteiger partial charge in [0.15, 0.2) is 0 Å². The van der Waals surface area contributed by atoms with Gasteiger partial charge in [0.25, 0.3) is 0 Å². The molecule has 2 rings (SSSR count). The Hall–Kier alpha value is -1.07. The van der Waals surface area contributed by atoms with E-state index in [4.69, 9.17) is 5.73 Å². The van der Waals surface area contributed by atoms with E-state index in [0.717, 1.165) is 18.7 Å². The normalized spacial score (nSPS) is 10.9. The summed E-state index contributed by atoms with van der Waals surface area (Å²) in [5.74, 6) is 0. The molecule has 0 saturated heterocycles. The molecule has 19 heavy (non-hydrogen) atoms. The topological polar surface area (TPSA) is 29.3 Å². The summed E-state index contributed by atoms with van der Waals surface area (Å²) in [4.78, 5) is 2.19. The number of nitrogens with two attached hydrogens (primary N) is 1. The van der Waals surface area contributed by atoms with E-state index in [2.05, 4.69) is 78.0 Å². The lowest BCUT2D eigenvalue weighted by atomic mass is 9.98. The largest absolute Gasteiger partial charge is 0.398 e.